The van der Waals surface area contributed by atoms with Gasteiger partial charge in [0.05, 0.1) is 18.1 Å². The fourth-order valence-electron chi connectivity index (χ4n) is 2.31. The lowest BCUT2D eigenvalue weighted by atomic mass is 10.2. The molecule has 1 aromatic rings. The van der Waals surface area contributed by atoms with Crippen LogP contribution in [-0.2, 0) is 25.2 Å². The van der Waals surface area contributed by atoms with Crippen LogP contribution in [0.15, 0.2) is 30.3 Å². The molecule has 0 aromatic heterocycles. The minimum atomic E-state index is -3.39. The fourth-order valence-corrected chi connectivity index (χ4v) is 3.65. The summed E-state index contributed by atoms with van der Waals surface area (Å²) in [6.07, 6.45) is 5.98. The van der Waals surface area contributed by atoms with Crippen LogP contribution >= 0.6 is 0 Å². The van der Waals surface area contributed by atoms with Crippen LogP contribution in [-0.4, -0.2) is 38.1 Å². The van der Waals surface area contributed by atoms with Crippen molar-refractivity contribution in [1.29, 1.82) is 0 Å². The first kappa shape index (κ1) is 18.0. The van der Waals surface area contributed by atoms with E-state index in [1.807, 2.05) is 6.07 Å². The number of rotatable bonds is 8. The average molecular weight is 348 g/mol. The summed E-state index contributed by atoms with van der Waals surface area (Å²) in [5.41, 5.74) is -0.234. The van der Waals surface area contributed by atoms with E-state index in [4.69, 9.17) is 6.42 Å². The third kappa shape index (κ3) is 5.10. The van der Waals surface area contributed by atoms with Crippen molar-refractivity contribution in [1.82, 2.24) is 10.6 Å². The Morgan fingerprint density at radius 1 is 1.21 bits per heavy atom. The molecule has 0 radical (unpaired) electrons. The van der Waals surface area contributed by atoms with Crippen LogP contribution in [0.2, 0.25) is 0 Å². The number of terminal acetylenes is 1. The Labute approximate surface area is 141 Å². The molecule has 1 saturated carbocycles. The van der Waals surface area contributed by atoms with Crippen molar-refractivity contribution in [3.05, 3.63) is 35.9 Å². The molecule has 0 atom stereocenters. The minimum Gasteiger partial charge on any atom is -0.343 e. The molecule has 1 aromatic carbocycles. The molecule has 0 bridgehead atoms. The van der Waals surface area contributed by atoms with Crippen LogP contribution in [0.25, 0.3) is 0 Å². The molecular weight excluding hydrogens is 328 g/mol. The molecule has 0 saturated heterocycles. The molecule has 0 aliphatic heterocycles. The van der Waals surface area contributed by atoms with Gasteiger partial charge in [0, 0.05) is 6.42 Å². The number of benzene rings is 1. The van der Waals surface area contributed by atoms with E-state index in [0.717, 1.165) is 0 Å². The van der Waals surface area contributed by atoms with Crippen molar-refractivity contribution < 1.29 is 18.0 Å². The van der Waals surface area contributed by atoms with E-state index < -0.39 is 21.3 Å². The fraction of sp³-hybridized carbons (Fsp3) is 0.412. The summed E-state index contributed by atoms with van der Waals surface area (Å²) < 4.78 is 24.2. The molecule has 1 aliphatic rings. The number of sulfone groups is 1. The lowest BCUT2D eigenvalue weighted by molar-refractivity contribution is -0.129. The molecule has 0 spiro atoms. The molecular formula is C17H20N2O4S. The van der Waals surface area contributed by atoms with E-state index in [-0.39, 0.29) is 30.4 Å². The molecule has 24 heavy (non-hydrogen) atoms. The molecule has 2 N–H and O–H groups in total. The van der Waals surface area contributed by atoms with Crippen LogP contribution in [0.1, 0.15) is 24.8 Å². The van der Waals surface area contributed by atoms with E-state index in [1.165, 1.54) is 0 Å². The van der Waals surface area contributed by atoms with Gasteiger partial charge in [0.15, 0.2) is 9.84 Å². The van der Waals surface area contributed by atoms with Crippen molar-refractivity contribution in [2.45, 2.75) is 30.6 Å². The van der Waals surface area contributed by atoms with Crippen LogP contribution in [0.3, 0.4) is 0 Å². The van der Waals surface area contributed by atoms with Crippen molar-refractivity contribution in [2.24, 2.45) is 0 Å². The van der Waals surface area contributed by atoms with Gasteiger partial charge in [-0.2, -0.15) is 0 Å². The zero-order valence-electron chi connectivity index (χ0n) is 13.2. The maximum Gasteiger partial charge on any atom is 0.246 e. The maximum atomic E-state index is 12.1. The van der Waals surface area contributed by atoms with Gasteiger partial charge in [0.1, 0.15) is 5.54 Å². The summed E-state index contributed by atoms with van der Waals surface area (Å²) in [7, 11) is -3.39. The Hall–Kier alpha value is -2.33. The van der Waals surface area contributed by atoms with Crippen molar-refractivity contribution >= 4 is 21.7 Å². The summed E-state index contributed by atoms with van der Waals surface area (Å²) in [5.74, 6) is 1.18. The van der Waals surface area contributed by atoms with E-state index in [2.05, 4.69) is 16.6 Å². The number of carbonyl (C=O) groups excluding carboxylic acids is 2. The highest BCUT2D eigenvalue weighted by molar-refractivity contribution is 7.90. The zero-order chi connectivity index (χ0) is 17.6. The SMILES string of the molecule is C#CCNC(=O)C1(NC(=O)CCS(=O)(=O)Cc2ccccc2)CC1. The highest BCUT2D eigenvalue weighted by Crippen LogP contribution is 2.35. The van der Waals surface area contributed by atoms with Crippen LogP contribution in [0.4, 0.5) is 0 Å². The third-order valence-corrected chi connectivity index (χ3v) is 5.38. The van der Waals surface area contributed by atoms with Crippen LogP contribution < -0.4 is 10.6 Å². The molecule has 6 nitrogen and oxygen atoms in total. The number of nitrogens with one attached hydrogen (secondary N) is 2. The number of hydrogen-bond donors (Lipinski definition) is 2. The first-order valence-electron chi connectivity index (χ1n) is 7.64. The topological polar surface area (TPSA) is 92.3 Å². The van der Waals surface area contributed by atoms with Gasteiger partial charge in [-0.15, -0.1) is 6.42 Å². The van der Waals surface area contributed by atoms with Gasteiger partial charge < -0.3 is 10.6 Å². The largest absolute Gasteiger partial charge is 0.343 e. The summed E-state index contributed by atoms with van der Waals surface area (Å²) in [4.78, 5) is 23.9. The molecule has 7 heteroatoms. The smallest absolute Gasteiger partial charge is 0.246 e. The second-order valence-corrected chi connectivity index (χ2v) is 8.03. The molecule has 1 aliphatic carbocycles. The van der Waals surface area contributed by atoms with Crippen molar-refractivity contribution in [3.63, 3.8) is 0 Å². The highest BCUT2D eigenvalue weighted by Gasteiger charge is 2.50. The Balaban J connectivity index is 1.83. The van der Waals surface area contributed by atoms with Crippen LogP contribution in [0.5, 0.6) is 0 Å². The lowest BCUT2D eigenvalue weighted by Gasteiger charge is -2.16. The van der Waals surface area contributed by atoms with Gasteiger partial charge in [0.2, 0.25) is 11.8 Å². The number of amides is 2. The molecule has 1 fully saturated rings. The lowest BCUT2D eigenvalue weighted by Crippen LogP contribution is -2.49. The maximum absolute atomic E-state index is 12.1. The quantitative estimate of drug-likeness (QED) is 0.665. The Bertz CT molecular complexity index is 747. The van der Waals surface area contributed by atoms with E-state index in [1.54, 1.807) is 24.3 Å². The van der Waals surface area contributed by atoms with E-state index >= 15 is 0 Å². The van der Waals surface area contributed by atoms with Gasteiger partial charge in [-0.05, 0) is 18.4 Å². The Morgan fingerprint density at radius 2 is 1.88 bits per heavy atom. The molecule has 2 amide bonds. The van der Waals surface area contributed by atoms with Gasteiger partial charge in [-0.3, -0.25) is 9.59 Å². The summed E-state index contributed by atoms with van der Waals surface area (Å²) in [5, 5.41) is 5.17. The third-order valence-electron chi connectivity index (χ3n) is 3.78. The minimum absolute atomic E-state index is 0.0991. The monoisotopic (exact) mass is 348 g/mol. The van der Waals surface area contributed by atoms with E-state index in [0.29, 0.717) is 18.4 Å². The van der Waals surface area contributed by atoms with Crippen LogP contribution in [0, 0.1) is 12.3 Å². The standard InChI is InChI=1S/C17H20N2O4S/c1-2-11-18-16(21)17(9-10-17)19-15(20)8-12-24(22,23)13-14-6-4-3-5-7-14/h1,3-7H,8-13H2,(H,18,21)(H,19,20). The summed E-state index contributed by atoms with van der Waals surface area (Å²) in [6.45, 7) is 0.0991. The van der Waals surface area contributed by atoms with E-state index in [9.17, 15) is 18.0 Å². The van der Waals surface area contributed by atoms with Gasteiger partial charge in [-0.25, -0.2) is 8.42 Å². The second kappa shape index (κ2) is 7.49. The van der Waals surface area contributed by atoms with Crippen molar-refractivity contribution in [3.8, 4) is 12.3 Å². The Morgan fingerprint density at radius 3 is 2.46 bits per heavy atom. The summed E-state index contributed by atoms with van der Waals surface area (Å²) in [6, 6.07) is 8.80. The first-order chi connectivity index (χ1) is 11.4. The normalized spacial score (nSPS) is 15.1. The highest BCUT2D eigenvalue weighted by atomic mass is 32.2. The zero-order valence-corrected chi connectivity index (χ0v) is 14.1. The van der Waals surface area contributed by atoms with Crippen molar-refractivity contribution in [2.75, 3.05) is 12.3 Å². The average Bonchev–Trinajstić information content (AvgIpc) is 3.32. The summed E-state index contributed by atoms with van der Waals surface area (Å²) >= 11 is 0. The molecule has 128 valence electrons. The predicted octanol–water partition coefficient (Wildman–Crippen LogP) is 0.390. The number of carbonyl (C=O) groups is 2. The van der Waals surface area contributed by atoms with Gasteiger partial charge >= 0.3 is 0 Å². The molecule has 2 rings (SSSR count). The first-order valence-corrected chi connectivity index (χ1v) is 9.46. The molecule has 0 heterocycles. The Kier molecular flexibility index (Phi) is 5.62. The number of hydrogen-bond acceptors (Lipinski definition) is 4. The predicted molar refractivity (Wildman–Crippen MR) is 90.5 cm³/mol. The second-order valence-electron chi connectivity index (χ2n) is 5.84. The molecule has 0 unspecified atom stereocenters. The van der Waals surface area contributed by atoms with Gasteiger partial charge in [0.25, 0.3) is 0 Å². The van der Waals surface area contributed by atoms with Gasteiger partial charge in [-0.1, -0.05) is 36.3 Å².